The van der Waals surface area contributed by atoms with Crippen LogP contribution in [0.15, 0.2) is 24.4 Å². The summed E-state index contributed by atoms with van der Waals surface area (Å²) < 4.78 is 16.8. The monoisotopic (exact) mass is 397 g/mol. The molecule has 1 aliphatic rings. The number of fused-ring (bicyclic) bond motifs is 1. The van der Waals surface area contributed by atoms with Gasteiger partial charge in [-0.3, -0.25) is 14.9 Å². The summed E-state index contributed by atoms with van der Waals surface area (Å²) in [5.41, 5.74) is 9.13. The Balaban J connectivity index is 1.84. The van der Waals surface area contributed by atoms with Crippen LogP contribution in [0.3, 0.4) is 0 Å². The van der Waals surface area contributed by atoms with E-state index >= 15 is 0 Å². The lowest BCUT2D eigenvalue weighted by atomic mass is 9.95. The summed E-state index contributed by atoms with van der Waals surface area (Å²) in [6.07, 6.45) is 2.43. The molecule has 0 spiro atoms. The molecule has 0 aliphatic carbocycles. The standard InChI is InChI=1S/C20H23N5O4/c1-27-10-12-5-15(23-17(6-12)20(28-2)3-4-29-11-20)19-14-7-13(8-18(21)26)22-9-16(14)24-25-19/h5-7,9H,3-4,8,10-11H2,1-2H3,(H2,21,26)(H,24,25). The van der Waals surface area contributed by atoms with Gasteiger partial charge in [-0.2, -0.15) is 5.10 Å². The number of rotatable bonds is 7. The second-order valence-corrected chi connectivity index (χ2v) is 7.12. The first-order chi connectivity index (χ1) is 14.0. The Hall–Kier alpha value is -2.88. The molecule has 1 unspecified atom stereocenters. The SMILES string of the molecule is COCc1cc(-c2n[nH]c3cnc(CC(N)=O)cc23)nc(C2(OC)CCOC2)c1. The number of primary amides is 1. The molecule has 1 fully saturated rings. The van der Waals surface area contributed by atoms with Gasteiger partial charge in [0.1, 0.15) is 11.3 Å². The maximum atomic E-state index is 11.3. The van der Waals surface area contributed by atoms with E-state index in [1.165, 1.54) is 0 Å². The smallest absolute Gasteiger partial charge is 0.223 e. The Morgan fingerprint density at radius 2 is 2.21 bits per heavy atom. The minimum atomic E-state index is -0.594. The number of amides is 1. The first-order valence-corrected chi connectivity index (χ1v) is 9.29. The zero-order valence-electron chi connectivity index (χ0n) is 16.4. The summed E-state index contributed by atoms with van der Waals surface area (Å²) in [6, 6.07) is 5.74. The van der Waals surface area contributed by atoms with Gasteiger partial charge in [0.15, 0.2) is 0 Å². The van der Waals surface area contributed by atoms with Crippen LogP contribution in [0.1, 0.15) is 23.4 Å². The number of carbonyl (C=O) groups excluding carboxylic acids is 1. The number of hydrogen-bond donors (Lipinski definition) is 2. The summed E-state index contributed by atoms with van der Waals surface area (Å²) in [5.74, 6) is -0.437. The maximum absolute atomic E-state index is 11.3. The number of nitrogens with two attached hydrogens (primary N) is 1. The molecule has 1 atom stereocenters. The summed E-state index contributed by atoms with van der Waals surface area (Å²) >= 11 is 0. The van der Waals surface area contributed by atoms with E-state index < -0.39 is 11.5 Å². The molecule has 0 bridgehead atoms. The van der Waals surface area contributed by atoms with Crippen molar-refractivity contribution in [2.75, 3.05) is 27.4 Å². The molecule has 3 aromatic rings. The molecule has 29 heavy (non-hydrogen) atoms. The van der Waals surface area contributed by atoms with Gasteiger partial charge in [0.05, 0.1) is 48.4 Å². The van der Waals surface area contributed by atoms with Gasteiger partial charge in [-0.05, 0) is 23.8 Å². The minimum Gasteiger partial charge on any atom is -0.380 e. The van der Waals surface area contributed by atoms with E-state index in [4.69, 9.17) is 24.9 Å². The highest BCUT2D eigenvalue weighted by atomic mass is 16.5. The lowest BCUT2D eigenvalue weighted by molar-refractivity contribution is -0.117. The Morgan fingerprint density at radius 1 is 1.34 bits per heavy atom. The fourth-order valence-corrected chi connectivity index (χ4v) is 3.64. The molecule has 0 radical (unpaired) electrons. The Labute approximate surface area is 167 Å². The van der Waals surface area contributed by atoms with E-state index in [1.54, 1.807) is 20.4 Å². The summed E-state index contributed by atoms with van der Waals surface area (Å²) in [7, 11) is 3.32. The molecule has 3 N–H and O–H groups in total. The van der Waals surface area contributed by atoms with Crippen molar-refractivity contribution in [1.29, 1.82) is 0 Å². The van der Waals surface area contributed by atoms with Crippen molar-refractivity contribution in [3.63, 3.8) is 0 Å². The average Bonchev–Trinajstić information content (AvgIpc) is 3.35. The van der Waals surface area contributed by atoms with E-state index in [9.17, 15) is 4.79 Å². The molecule has 1 amide bonds. The molecule has 9 heteroatoms. The zero-order chi connectivity index (χ0) is 20.4. The fourth-order valence-electron chi connectivity index (χ4n) is 3.64. The number of hydrogen-bond acceptors (Lipinski definition) is 7. The Kier molecular flexibility index (Phi) is 5.27. The van der Waals surface area contributed by atoms with Gasteiger partial charge in [0.25, 0.3) is 0 Å². The average molecular weight is 397 g/mol. The topological polar surface area (TPSA) is 125 Å². The largest absolute Gasteiger partial charge is 0.380 e. The van der Waals surface area contributed by atoms with E-state index in [-0.39, 0.29) is 6.42 Å². The van der Waals surface area contributed by atoms with Crippen LogP contribution in [0.5, 0.6) is 0 Å². The quantitative estimate of drug-likeness (QED) is 0.618. The van der Waals surface area contributed by atoms with Gasteiger partial charge >= 0.3 is 0 Å². The van der Waals surface area contributed by atoms with Crippen LogP contribution in [-0.2, 0) is 37.6 Å². The van der Waals surface area contributed by atoms with Crippen LogP contribution < -0.4 is 5.73 Å². The maximum Gasteiger partial charge on any atom is 0.223 e. The summed E-state index contributed by atoms with van der Waals surface area (Å²) in [5, 5.41) is 8.24. The molecular formula is C20H23N5O4. The number of aromatic nitrogens is 4. The molecule has 1 aliphatic heterocycles. The Morgan fingerprint density at radius 3 is 2.90 bits per heavy atom. The molecule has 9 nitrogen and oxygen atoms in total. The lowest BCUT2D eigenvalue weighted by Crippen LogP contribution is -2.30. The number of H-pyrrole nitrogens is 1. The van der Waals surface area contributed by atoms with Crippen LogP contribution in [-0.4, -0.2) is 53.5 Å². The van der Waals surface area contributed by atoms with Crippen LogP contribution in [0.25, 0.3) is 22.3 Å². The van der Waals surface area contributed by atoms with Gasteiger partial charge in [-0.15, -0.1) is 0 Å². The number of ether oxygens (including phenoxy) is 3. The van der Waals surface area contributed by atoms with Gasteiger partial charge in [0.2, 0.25) is 5.91 Å². The highest BCUT2D eigenvalue weighted by Crippen LogP contribution is 2.35. The van der Waals surface area contributed by atoms with Crippen molar-refractivity contribution in [2.45, 2.75) is 25.0 Å². The molecule has 4 heterocycles. The summed E-state index contributed by atoms with van der Waals surface area (Å²) in [6.45, 7) is 1.49. The van der Waals surface area contributed by atoms with Gasteiger partial charge in [-0.1, -0.05) is 0 Å². The number of pyridine rings is 2. The number of nitrogens with one attached hydrogen (secondary N) is 1. The van der Waals surface area contributed by atoms with E-state index in [2.05, 4.69) is 15.2 Å². The molecule has 4 rings (SSSR count). The van der Waals surface area contributed by atoms with Gasteiger partial charge in [-0.25, -0.2) is 4.98 Å². The van der Waals surface area contributed by atoms with Crippen molar-refractivity contribution in [2.24, 2.45) is 5.73 Å². The summed E-state index contributed by atoms with van der Waals surface area (Å²) in [4.78, 5) is 20.4. The van der Waals surface area contributed by atoms with Crippen LogP contribution in [0.2, 0.25) is 0 Å². The second kappa shape index (κ2) is 7.86. The zero-order valence-corrected chi connectivity index (χ0v) is 16.4. The van der Waals surface area contributed by atoms with E-state index in [0.29, 0.717) is 36.9 Å². The third-order valence-electron chi connectivity index (χ3n) is 5.14. The Bertz CT molecular complexity index is 1040. The van der Waals surface area contributed by atoms with Gasteiger partial charge in [0, 0.05) is 32.6 Å². The second-order valence-electron chi connectivity index (χ2n) is 7.12. The van der Waals surface area contributed by atoms with Gasteiger partial charge < -0.3 is 19.9 Å². The molecule has 3 aromatic heterocycles. The van der Waals surface area contributed by atoms with Crippen LogP contribution >= 0.6 is 0 Å². The molecule has 0 saturated carbocycles. The normalized spacial score (nSPS) is 19.1. The number of methoxy groups -OCH3 is 2. The molecular weight excluding hydrogens is 374 g/mol. The van der Waals surface area contributed by atoms with E-state index in [1.807, 2.05) is 18.2 Å². The number of nitrogens with zero attached hydrogens (tertiary/aromatic N) is 3. The molecule has 0 aromatic carbocycles. The van der Waals surface area contributed by atoms with Crippen molar-refractivity contribution >= 4 is 16.8 Å². The fraction of sp³-hybridized carbons (Fsp3) is 0.400. The molecule has 1 saturated heterocycles. The van der Waals surface area contributed by atoms with Crippen molar-refractivity contribution in [3.8, 4) is 11.4 Å². The van der Waals surface area contributed by atoms with E-state index in [0.717, 1.165) is 28.6 Å². The number of carbonyl (C=O) groups is 1. The first kappa shape index (κ1) is 19.4. The third-order valence-corrected chi connectivity index (χ3v) is 5.14. The molecule has 152 valence electrons. The van der Waals surface area contributed by atoms with Crippen LogP contribution in [0.4, 0.5) is 0 Å². The third kappa shape index (κ3) is 3.71. The van der Waals surface area contributed by atoms with Crippen molar-refractivity contribution in [3.05, 3.63) is 41.3 Å². The van der Waals surface area contributed by atoms with Crippen LogP contribution in [0, 0.1) is 0 Å². The predicted molar refractivity (Wildman–Crippen MR) is 105 cm³/mol. The van der Waals surface area contributed by atoms with Crippen molar-refractivity contribution in [1.82, 2.24) is 20.2 Å². The minimum absolute atomic E-state index is 0.0626. The number of aromatic amines is 1. The predicted octanol–water partition coefficient (Wildman–Crippen LogP) is 1.46. The first-order valence-electron chi connectivity index (χ1n) is 9.29. The van der Waals surface area contributed by atoms with Crippen molar-refractivity contribution < 1.29 is 19.0 Å². The lowest BCUT2D eigenvalue weighted by Gasteiger charge is -2.26. The highest BCUT2D eigenvalue weighted by molar-refractivity contribution is 5.92. The highest BCUT2D eigenvalue weighted by Gasteiger charge is 2.39.